The summed E-state index contributed by atoms with van der Waals surface area (Å²) in [6.07, 6.45) is 0. The molecule has 126 valence electrons. The van der Waals surface area contributed by atoms with E-state index in [-0.39, 0.29) is 15.5 Å². The van der Waals surface area contributed by atoms with Gasteiger partial charge in [-0.1, -0.05) is 20.8 Å². The van der Waals surface area contributed by atoms with Gasteiger partial charge in [-0.05, 0) is 36.3 Å². The zero-order chi connectivity index (χ0) is 17.6. The first kappa shape index (κ1) is 17.7. The minimum absolute atomic E-state index is 0.120. The van der Waals surface area contributed by atoms with Crippen molar-refractivity contribution < 1.29 is 18.5 Å². The maximum Gasteiger partial charge on any atom is 0.337 e. The van der Waals surface area contributed by atoms with Crippen molar-refractivity contribution in [2.75, 3.05) is 7.11 Å². The maximum atomic E-state index is 13.3. The Morgan fingerprint density at radius 3 is 2.43 bits per heavy atom. The lowest BCUT2D eigenvalue weighted by Crippen LogP contribution is -2.38. The fraction of sp³-hybridized carbons (Fsp3) is 0.467. The number of nitrogens with one attached hydrogen (secondary N) is 1. The number of methoxy groups -OCH3 is 1. The smallest absolute Gasteiger partial charge is 0.337 e. The van der Waals surface area contributed by atoms with Crippen LogP contribution < -0.4 is 4.72 Å². The zero-order valence-corrected chi connectivity index (χ0v) is 16.0. The number of rotatable bonds is 2. The SMILES string of the molecule is COC(=O)c1ccc2c(c1)S(=O)(=N[Si](C)(C)C(C)(C)C)NC2=O. The molecule has 1 aromatic carbocycles. The fourth-order valence-electron chi connectivity index (χ4n) is 1.95. The van der Waals surface area contributed by atoms with Crippen LogP contribution in [0, 0.1) is 0 Å². The van der Waals surface area contributed by atoms with Gasteiger partial charge in [-0.2, -0.15) is 0 Å². The van der Waals surface area contributed by atoms with Gasteiger partial charge < -0.3 is 4.74 Å². The van der Waals surface area contributed by atoms with Crippen molar-refractivity contribution >= 4 is 30.0 Å². The second-order valence-corrected chi connectivity index (χ2v) is 14.1. The molecule has 1 unspecified atom stereocenters. The number of fused-ring (bicyclic) bond motifs is 1. The van der Waals surface area contributed by atoms with E-state index >= 15 is 0 Å². The molecule has 1 N–H and O–H groups in total. The van der Waals surface area contributed by atoms with Gasteiger partial charge in [0.1, 0.15) is 0 Å². The molecule has 1 aliphatic rings. The first-order valence-electron chi connectivity index (χ1n) is 7.24. The monoisotopic (exact) mass is 354 g/mol. The van der Waals surface area contributed by atoms with Gasteiger partial charge >= 0.3 is 5.97 Å². The van der Waals surface area contributed by atoms with Crippen LogP contribution in [0.2, 0.25) is 18.1 Å². The molecular weight excluding hydrogens is 332 g/mol. The van der Waals surface area contributed by atoms with E-state index in [2.05, 4.69) is 13.5 Å². The van der Waals surface area contributed by atoms with Crippen LogP contribution in [-0.2, 0) is 14.7 Å². The number of ether oxygens (including phenoxy) is 1. The van der Waals surface area contributed by atoms with Gasteiger partial charge in [0, 0.05) is 0 Å². The molecule has 1 amide bonds. The molecular formula is C15H22N2O4SSi. The van der Waals surface area contributed by atoms with Crippen LogP contribution in [0.25, 0.3) is 0 Å². The summed E-state index contributed by atoms with van der Waals surface area (Å²) in [6.45, 7) is 10.2. The third kappa shape index (κ3) is 3.05. The van der Waals surface area contributed by atoms with E-state index in [9.17, 15) is 13.8 Å². The average Bonchev–Trinajstić information content (AvgIpc) is 2.67. The molecule has 0 fully saturated rings. The Bertz CT molecular complexity index is 802. The van der Waals surface area contributed by atoms with E-state index in [0.29, 0.717) is 5.56 Å². The van der Waals surface area contributed by atoms with Gasteiger partial charge in [0.15, 0.2) is 18.2 Å². The van der Waals surface area contributed by atoms with Crippen molar-refractivity contribution in [2.24, 2.45) is 4.03 Å². The predicted octanol–water partition coefficient (Wildman–Crippen LogP) is 2.96. The molecule has 1 heterocycles. The van der Waals surface area contributed by atoms with E-state index in [0.717, 1.165) is 0 Å². The number of hydrogen-bond acceptors (Lipinski definition) is 5. The van der Waals surface area contributed by atoms with Crippen LogP contribution in [0.4, 0.5) is 0 Å². The van der Waals surface area contributed by atoms with E-state index in [1.807, 2.05) is 33.9 Å². The normalized spacial score (nSPS) is 20.7. The van der Waals surface area contributed by atoms with Crippen molar-refractivity contribution in [1.29, 1.82) is 0 Å². The summed E-state index contributed by atoms with van der Waals surface area (Å²) in [5, 5.41) is -0.120. The van der Waals surface area contributed by atoms with Gasteiger partial charge in [0.05, 0.1) is 23.1 Å². The molecule has 8 heteroatoms. The Kier molecular flexibility index (Phi) is 4.19. The molecule has 2 rings (SSSR count). The Hall–Kier alpha value is -1.67. The summed E-state index contributed by atoms with van der Waals surface area (Å²) >= 11 is 0. The Morgan fingerprint density at radius 1 is 1.30 bits per heavy atom. The summed E-state index contributed by atoms with van der Waals surface area (Å²) in [6, 6.07) is 4.42. The van der Waals surface area contributed by atoms with Gasteiger partial charge in [-0.15, -0.1) is 0 Å². The molecule has 0 aromatic heterocycles. The van der Waals surface area contributed by atoms with Gasteiger partial charge in [0.2, 0.25) is 0 Å². The maximum absolute atomic E-state index is 13.3. The molecule has 0 aliphatic carbocycles. The summed E-state index contributed by atoms with van der Waals surface area (Å²) in [7, 11) is -4.09. The molecule has 1 atom stereocenters. The van der Waals surface area contributed by atoms with Crippen molar-refractivity contribution in [3.8, 4) is 0 Å². The Labute approximate surface area is 138 Å². The van der Waals surface area contributed by atoms with E-state index < -0.39 is 30.0 Å². The van der Waals surface area contributed by atoms with Crippen molar-refractivity contribution in [1.82, 2.24) is 4.72 Å². The number of hydrogen-bond donors (Lipinski definition) is 1. The van der Waals surface area contributed by atoms with E-state index in [1.165, 1.54) is 25.3 Å². The van der Waals surface area contributed by atoms with Crippen LogP contribution in [0.1, 0.15) is 41.5 Å². The largest absolute Gasteiger partial charge is 0.465 e. The Morgan fingerprint density at radius 2 is 1.91 bits per heavy atom. The third-order valence-corrected chi connectivity index (χ3v) is 12.3. The number of carbonyl (C=O) groups is 2. The highest BCUT2D eigenvalue weighted by atomic mass is 32.2. The second-order valence-electron chi connectivity index (χ2n) is 7.06. The highest BCUT2D eigenvalue weighted by Gasteiger charge is 2.40. The number of benzene rings is 1. The molecule has 0 radical (unpaired) electrons. The molecule has 23 heavy (non-hydrogen) atoms. The Balaban J connectivity index is 2.69. The van der Waals surface area contributed by atoms with Gasteiger partial charge in [-0.3, -0.25) is 13.5 Å². The molecule has 1 aliphatic heterocycles. The second kappa shape index (κ2) is 5.45. The summed E-state index contributed by atoms with van der Waals surface area (Å²) < 4.78 is 25.1. The van der Waals surface area contributed by atoms with Crippen LogP contribution in [0.15, 0.2) is 27.1 Å². The minimum Gasteiger partial charge on any atom is -0.465 e. The van der Waals surface area contributed by atoms with Crippen molar-refractivity contribution in [3.63, 3.8) is 0 Å². The highest BCUT2D eigenvalue weighted by Crippen LogP contribution is 2.39. The third-order valence-electron chi connectivity index (χ3n) is 4.37. The lowest BCUT2D eigenvalue weighted by Gasteiger charge is -2.32. The van der Waals surface area contributed by atoms with E-state index in [1.54, 1.807) is 0 Å². The summed E-state index contributed by atoms with van der Waals surface area (Å²) in [5.41, 5.74) is 0.547. The van der Waals surface area contributed by atoms with Crippen molar-refractivity contribution in [2.45, 2.75) is 43.8 Å². The van der Waals surface area contributed by atoms with Crippen molar-refractivity contribution in [3.05, 3.63) is 29.3 Å². The summed E-state index contributed by atoms with van der Waals surface area (Å²) in [5.74, 6) is -0.967. The topological polar surface area (TPSA) is 84.8 Å². The van der Waals surface area contributed by atoms with Gasteiger partial charge in [-0.25, -0.2) is 9.00 Å². The lowest BCUT2D eigenvalue weighted by atomic mass is 10.1. The fourth-order valence-corrected chi connectivity index (χ4v) is 7.41. The molecule has 0 saturated carbocycles. The first-order valence-corrected chi connectivity index (χ1v) is 11.7. The summed E-state index contributed by atoms with van der Waals surface area (Å²) in [4.78, 5) is 24.1. The molecule has 0 bridgehead atoms. The van der Waals surface area contributed by atoms with Crippen LogP contribution in [0.3, 0.4) is 0 Å². The minimum atomic E-state index is -3.09. The number of nitrogens with zero attached hydrogens (tertiary/aromatic N) is 1. The van der Waals surface area contributed by atoms with E-state index in [4.69, 9.17) is 0 Å². The zero-order valence-electron chi connectivity index (χ0n) is 14.2. The highest BCUT2D eigenvalue weighted by molar-refractivity contribution is 7.93. The van der Waals surface area contributed by atoms with Crippen LogP contribution in [0.5, 0.6) is 0 Å². The van der Waals surface area contributed by atoms with Crippen LogP contribution in [-0.4, -0.2) is 31.4 Å². The molecule has 0 saturated heterocycles. The standard InChI is InChI=1S/C15H22N2O4SSi/c1-15(2,3)23(5,6)17-22(20)12-9-10(14(19)21-4)7-8-11(12)13(18)16-22/h7-9H,1-6H3,(H,16,17,18,20). The average molecular weight is 355 g/mol. The molecule has 6 nitrogen and oxygen atoms in total. The number of carbonyl (C=O) groups excluding carboxylic acids is 2. The number of esters is 1. The van der Waals surface area contributed by atoms with Gasteiger partial charge in [0.25, 0.3) is 5.91 Å². The molecule has 1 aromatic rings. The predicted molar refractivity (Wildman–Crippen MR) is 91.3 cm³/mol. The lowest BCUT2D eigenvalue weighted by molar-refractivity contribution is 0.0600. The van der Waals surface area contributed by atoms with Crippen LogP contribution >= 0.6 is 0 Å². The quantitative estimate of drug-likeness (QED) is 0.653. The molecule has 0 spiro atoms. The first-order chi connectivity index (χ1) is 10.4. The number of amides is 1.